The van der Waals surface area contributed by atoms with Gasteiger partial charge in [-0.05, 0) is 42.4 Å². The molecular weight excluding hydrogens is 432 g/mol. The Hall–Kier alpha value is -2.65. The van der Waals surface area contributed by atoms with Gasteiger partial charge in [0.15, 0.2) is 0 Å². The van der Waals surface area contributed by atoms with Gasteiger partial charge >= 0.3 is 5.97 Å². The van der Waals surface area contributed by atoms with Gasteiger partial charge in [0, 0.05) is 19.5 Å². The summed E-state index contributed by atoms with van der Waals surface area (Å²) >= 11 is 0. The molecule has 2 fully saturated rings. The van der Waals surface area contributed by atoms with Crippen molar-refractivity contribution < 1.29 is 19.8 Å². The molecule has 0 radical (unpaired) electrons. The Morgan fingerprint density at radius 1 is 1.06 bits per heavy atom. The molecular formula is C26H34N4O4. The van der Waals surface area contributed by atoms with Crippen LogP contribution in [-0.4, -0.2) is 59.0 Å². The topological polar surface area (TPSA) is 107 Å². The molecule has 0 bridgehead atoms. The lowest BCUT2D eigenvalue weighted by Gasteiger charge is -2.38. The van der Waals surface area contributed by atoms with Gasteiger partial charge in [-0.1, -0.05) is 54.6 Å². The number of aliphatic hydroxyl groups is 1. The predicted molar refractivity (Wildman–Crippen MR) is 128 cm³/mol. The third-order valence-electron chi connectivity index (χ3n) is 6.71. The fourth-order valence-corrected chi connectivity index (χ4v) is 4.69. The summed E-state index contributed by atoms with van der Waals surface area (Å²) in [5.41, 5.74) is 5.85. The van der Waals surface area contributed by atoms with E-state index in [1.807, 2.05) is 23.1 Å². The largest absolute Gasteiger partial charge is 0.480 e. The van der Waals surface area contributed by atoms with Crippen LogP contribution in [0.2, 0.25) is 0 Å². The number of likely N-dealkylation sites (tertiary alicyclic amines) is 1. The summed E-state index contributed by atoms with van der Waals surface area (Å²) in [4.78, 5) is 18.5. The summed E-state index contributed by atoms with van der Waals surface area (Å²) in [5, 5.41) is 28.5. The van der Waals surface area contributed by atoms with Crippen molar-refractivity contribution in [3.05, 3.63) is 71.3 Å². The van der Waals surface area contributed by atoms with Crippen LogP contribution in [0.3, 0.4) is 0 Å². The van der Waals surface area contributed by atoms with Crippen molar-refractivity contribution in [2.75, 3.05) is 26.2 Å². The van der Waals surface area contributed by atoms with Gasteiger partial charge in [-0.25, -0.2) is 0 Å². The first-order chi connectivity index (χ1) is 16.5. The van der Waals surface area contributed by atoms with Crippen LogP contribution in [0.15, 0.2) is 64.8 Å². The monoisotopic (exact) mass is 466 g/mol. The Morgan fingerprint density at radius 2 is 1.79 bits per heavy atom. The fourth-order valence-electron chi connectivity index (χ4n) is 4.69. The fraction of sp³-hybridized carbons (Fsp3) is 0.500. The third kappa shape index (κ3) is 7.17. The van der Waals surface area contributed by atoms with Crippen LogP contribution in [0, 0.1) is 0 Å². The van der Waals surface area contributed by atoms with Crippen molar-refractivity contribution in [3.8, 4) is 0 Å². The molecule has 2 aromatic rings. The van der Waals surface area contributed by atoms with E-state index >= 15 is 0 Å². The van der Waals surface area contributed by atoms with Crippen LogP contribution in [-0.2, 0) is 22.6 Å². The van der Waals surface area contributed by atoms with Crippen LogP contribution >= 0.6 is 0 Å². The maximum absolute atomic E-state index is 11.0. The van der Waals surface area contributed by atoms with Gasteiger partial charge in [-0.3, -0.25) is 14.5 Å². The first-order valence-electron chi connectivity index (χ1n) is 12.0. The van der Waals surface area contributed by atoms with Gasteiger partial charge in [-0.2, -0.15) is 15.7 Å². The molecule has 2 atom stereocenters. The Kier molecular flexibility index (Phi) is 8.39. The summed E-state index contributed by atoms with van der Waals surface area (Å²) in [6, 6.07) is 18.7. The Bertz CT molecular complexity index is 943. The van der Waals surface area contributed by atoms with Gasteiger partial charge in [0.1, 0.15) is 0 Å². The summed E-state index contributed by atoms with van der Waals surface area (Å²) in [6.45, 7) is 2.48. The Labute approximate surface area is 200 Å². The number of hydrogen-bond acceptors (Lipinski definition) is 7. The Balaban J connectivity index is 1.19. The number of rotatable bonds is 10. The molecule has 3 N–H and O–H groups in total. The number of carboxylic acid groups (broad SMARTS) is 1. The molecule has 0 spiro atoms. The quantitative estimate of drug-likeness (QED) is 0.463. The van der Waals surface area contributed by atoms with E-state index in [-0.39, 0.29) is 18.7 Å². The van der Waals surface area contributed by atoms with Crippen LogP contribution < -0.4 is 5.48 Å². The molecule has 2 saturated heterocycles. The summed E-state index contributed by atoms with van der Waals surface area (Å²) < 4.78 is 0. The van der Waals surface area contributed by atoms with Gasteiger partial charge in [0.2, 0.25) is 0 Å². The second-order valence-electron chi connectivity index (χ2n) is 9.39. The van der Waals surface area contributed by atoms with E-state index in [0.29, 0.717) is 45.4 Å². The second-order valence-corrected chi connectivity index (χ2v) is 9.39. The number of hydrogen-bond donors (Lipinski definition) is 3. The molecule has 2 aliphatic rings. The molecule has 8 heteroatoms. The normalized spacial score (nSPS) is 22.9. The van der Waals surface area contributed by atoms with E-state index in [0.717, 1.165) is 24.0 Å². The van der Waals surface area contributed by atoms with Crippen LogP contribution in [0.1, 0.15) is 48.4 Å². The molecule has 2 heterocycles. The zero-order valence-corrected chi connectivity index (χ0v) is 19.5. The van der Waals surface area contributed by atoms with E-state index in [1.165, 1.54) is 5.56 Å². The first-order valence-corrected chi connectivity index (χ1v) is 12.0. The molecule has 2 aromatic carbocycles. The van der Waals surface area contributed by atoms with E-state index < -0.39 is 11.6 Å². The molecule has 2 unspecified atom stereocenters. The van der Waals surface area contributed by atoms with E-state index in [2.05, 4.69) is 52.1 Å². The predicted octanol–water partition coefficient (Wildman–Crippen LogP) is 3.52. The minimum absolute atomic E-state index is 0.0324. The minimum Gasteiger partial charge on any atom is -0.480 e. The average molecular weight is 467 g/mol. The molecule has 182 valence electrons. The van der Waals surface area contributed by atoms with Crippen molar-refractivity contribution in [1.29, 1.82) is 0 Å². The first kappa shape index (κ1) is 24.5. The van der Waals surface area contributed by atoms with Crippen LogP contribution in [0.25, 0.3) is 0 Å². The third-order valence-corrected chi connectivity index (χ3v) is 6.71. The molecule has 0 saturated carbocycles. The van der Waals surface area contributed by atoms with E-state index in [9.17, 15) is 9.90 Å². The van der Waals surface area contributed by atoms with Crippen LogP contribution in [0.4, 0.5) is 0 Å². The minimum atomic E-state index is -0.825. The number of piperidine rings is 1. The highest BCUT2D eigenvalue weighted by Crippen LogP contribution is 2.34. The van der Waals surface area contributed by atoms with E-state index in [1.54, 1.807) is 0 Å². The summed E-state index contributed by atoms with van der Waals surface area (Å²) in [7, 11) is 0. The van der Waals surface area contributed by atoms with Gasteiger partial charge in [0.05, 0.1) is 37.4 Å². The van der Waals surface area contributed by atoms with E-state index in [4.69, 9.17) is 9.94 Å². The number of azo groups is 1. The zero-order valence-electron chi connectivity index (χ0n) is 19.5. The van der Waals surface area contributed by atoms with Crippen molar-refractivity contribution in [1.82, 2.24) is 10.4 Å². The highest BCUT2D eigenvalue weighted by molar-refractivity contribution is 5.69. The van der Waals surface area contributed by atoms with Gasteiger partial charge in [-0.15, -0.1) is 0 Å². The maximum Gasteiger partial charge on any atom is 0.317 e. The lowest BCUT2D eigenvalue weighted by atomic mass is 9.84. The summed E-state index contributed by atoms with van der Waals surface area (Å²) in [6.07, 6.45) is 3.31. The molecule has 2 aliphatic heterocycles. The lowest BCUT2D eigenvalue weighted by Crippen LogP contribution is -2.47. The molecule has 0 aliphatic carbocycles. The highest BCUT2D eigenvalue weighted by atomic mass is 16.7. The number of nitrogens with one attached hydrogen (secondary N) is 1. The number of carbonyl (C=O) groups is 1. The zero-order chi connectivity index (χ0) is 23.8. The molecule has 8 nitrogen and oxygen atoms in total. The number of carboxylic acids is 1. The standard InChI is InChI=1S/C26H34N4O4/c31-25(32)19-30-14-11-26(33,12-15-30)17-23-16-24(29-34-23)22-8-6-21(7-9-22)18-28-27-13-10-20-4-2-1-3-5-20/h1-9,23-24,29,33H,10-19H2,(H,31,32). The molecule has 0 amide bonds. The molecule has 4 rings (SSSR count). The highest BCUT2D eigenvalue weighted by Gasteiger charge is 2.38. The van der Waals surface area contributed by atoms with Crippen molar-refractivity contribution >= 4 is 5.97 Å². The molecule has 0 aromatic heterocycles. The van der Waals surface area contributed by atoms with Crippen molar-refractivity contribution in [2.45, 2.75) is 56.4 Å². The molecule has 34 heavy (non-hydrogen) atoms. The SMILES string of the molecule is O=C(O)CN1CCC(O)(CC2CC(c3ccc(CN=NCCc4ccccc4)cc3)NO2)CC1. The summed E-state index contributed by atoms with van der Waals surface area (Å²) in [5.74, 6) is -0.825. The number of hydroxylamine groups is 1. The van der Waals surface area contributed by atoms with Crippen LogP contribution in [0.5, 0.6) is 0 Å². The van der Waals surface area contributed by atoms with Gasteiger partial charge < -0.3 is 10.2 Å². The Morgan fingerprint density at radius 3 is 2.50 bits per heavy atom. The smallest absolute Gasteiger partial charge is 0.317 e. The number of aliphatic carboxylic acids is 1. The number of nitrogens with zero attached hydrogens (tertiary/aromatic N) is 3. The van der Waals surface area contributed by atoms with Crippen molar-refractivity contribution in [3.63, 3.8) is 0 Å². The van der Waals surface area contributed by atoms with Gasteiger partial charge in [0.25, 0.3) is 0 Å². The maximum atomic E-state index is 11.0. The number of benzene rings is 2. The second kappa shape index (κ2) is 11.7. The average Bonchev–Trinajstić information content (AvgIpc) is 3.29. The van der Waals surface area contributed by atoms with Crippen molar-refractivity contribution in [2.24, 2.45) is 10.2 Å². The lowest BCUT2D eigenvalue weighted by molar-refractivity contribution is -0.140.